The summed E-state index contributed by atoms with van der Waals surface area (Å²) < 4.78 is 0. The normalized spacial score (nSPS) is 10.1. The van der Waals surface area contributed by atoms with Crippen molar-refractivity contribution in [1.29, 1.82) is 0 Å². The second-order valence-electron chi connectivity index (χ2n) is 1.99. The second kappa shape index (κ2) is 4.44. The van der Waals surface area contributed by atoms with Gasteiger partial charge in [0, 0.05) is 11.4 Å². The van der Waals surface area contributed by atoms with Crippen molar-refractivity contribution in [2.75, 3.05) is 13.3 Å². The Kier molecular flexibility index (Phi) is 3.43. The number of thiophene rings is 1. The molecule has 0 aromatic carbocycles. The van der Waals surface area contributed by atoms with Crippen LogP contribution in [0.15, 0.2) is 17.5 Å². The quantitative estimate of drug-likeness (QED) is 0.501. The van der Waals surface area contributed by atoms with E-state index in [9.17, 15) is 0 Å². The second-order valence-corrected chi connectivity index (χ2v) is 3.02. The molecule has 0 fully saturated rings. The molecule has 0 aliphatic carbocycles. The van der Waals surface area contributed by atoms with Gasteiger partial charge in [-0.2, -0.15) is 0 Å². The molecule has 1 aromatic rings. The van der Waals surface area contributed by atoms with E-state index in [1.54, 1.807) is 11.3 Å². The van der Waals surface area contributed by atoms with Gasteiger partial charge in [0.05, 0.1) is 6.73 Å². The molecule has 0 bridgehead atoms. The van der Waals surface area contributed by atoms with E-state index in [0.717, 1.165) is 13.0 Å². The van der Waals surface area contributed by atoms with Crippen LogP contribution in [0.4, 0.5) is 0 Å². The fraction of sp³-hybridized carbons (Fsp3) is 0.429. The van der Waals surface area contributed by atoms with Gasteiger partial charge in [0.2, 0.25) is 0 Å². The summed E-state index contributed by atoms with van der Waals surface area (Å²) in [5, 5.41) is 13.3. The summed E-state index contributed by atoms with van der Waals surface area (Å²) in [7, 11) is 0. The van der Waals surface area contributed by atoms with Crippen molar-refractivity contribution < 1.29 is 5.11 Å². The van der Waals surface area contributed by atoms with Crippen LogP contribution in [-0.4, -0.2) is 18.4 Å². The third kappa shape index (κ3) is 2.47. The average Bonchev–Trinajstić information content (AvgIpc) is 2.41. The smallest absolute Gasteiger partial charge is 0.0931 e. The minimum atomic E-state index is 0.0748. The Morgan fingerprint density at radius 2 is 2.50 bits per heavy atom. The van der Waals surface area contributed by atoms with Crippen molar-refractivity contribution in [3.63, 3.8) is 0 Å². The van der Waals surface area contributed by atoms with Crippen LogP contribution >= 0.6 is 11.3 Å². The summed E-state index contributed by atoms with van der Waals surface area (Å²) in [5.74, 6) is 0. The number of hydrogen-bond acceptors (Lipinski definition) is 3. The lowest BCUT2D eigenvalue weighted by Gasteiger charge is -1.96. The van der Waals surface area contributed by atoms with Crippen LogP contribution in [0.2, 0.25) is 0 Å². The fourth-order valence-electron chi connectivity index (χ4n) is 0.745. The predicted molar refractivity (Wildman–Crippen MR) is 43.1 cm³/mol. The molecule has 0 saturated carbocycles. The molecule has 0 atom stereocenters. The maximum atomic E-state index is 8.39. The monoisotopic (exact) mass is 157 g/mol. The molecule has 3 heteroatoms. The van der Waals surface area contributed by atoms with Crippen LogP contribution in [0.25, 0.3) is 0 Å². The van der Waals surface area contributed by atoms with Gasteiger partial charge in [-0.15, -0.1) is 11.3 Å². The molecule has 0 aliphatic rings. The Bertz CT molecular complexity index is 162. The van der Waals surface area contributed by atoms with Gasteiger partial charge in [-0.25, -0.2) is 0 Å². The lowest BCUT2D eigenvalue weighted by atomic mass is 10.3. The van der Waals surface area contributed by atoms with E-state index in [0.29, 0.717) is 0 Å². The zero-order chi connectivity index (χ0) is 7.23. The van der Waals surface area contributed by atoms with Crippen LogP contribution in [-0.2, 0) is 6.42 Å². The number of hydrogen-bond donors (Lipinski definition) is 2. The fourth-order valence-corrected chi connectivity index (χ4v) is 1.45. The lowest BCUT2D eigenvalue weighted by Crippen LogP contribution is -2.17. The molecule has 0 unspecified atom stereocenters. The Morgan fingerprint density at radius 3 is 3.10 bits per heavy atom. The minimum Gasteiger partial charge on any atom is -0.381 e. The summed E-state index contributed by atoms with van der Waals surface area (Å²) in [6, 6.07) is 4.14. The van der Waals surface area contributed by atoms with Crippen molar-refractivity contribution in [3.05, 3.63) is 22.4 Å². The predicted octanol–water partition coefficient (Wildman–Crippen LogP) is 0.830. The van der Waals surface area contributed by atoms with E-state index in [1.165, 1.54) is 4.88 Å². The van der Waals surface area contributed by atoms with Crippen molar-refractivity contribution in [1.82, 2.24) is 5.32 Å². The lowest BCUT2D eigenvalue weighted by molar-refractivity contribution is 0.262. The highest BCUT2D eigenvalue weighted by Gasteiger charge is 1.90. The van der Waals surface area contributed by atoms with Gasteiger partial charge in [0.1, 0.15) is 0 Å². The van der Waals surface area contributed by atoms with E-state index >= 15 is 0 Å². The highest BCUT2D eigenvalue weighted by Crippen LogP contribution is 2.07. The summed E-state index contributed by atoms with van der Waals surface area (Å²) in [6.45, 7) is 0.933. The maximum Gasteiger partial charge on any atom is 0.0931 e. The van der Waals surface area contributed by atoms with Crippen molar-refractivity contribution in [2.45, 2.75) is 6.42 Å². The van der Waals surface area contributed by atoms with Gasteiger partial charge >= 0.3 is 0 Å². The van der Waals surface area contributed by atoms with E-state index in [1.807, 2.05) is 6.07 Å². The van der Waals surface area contributed by atoms with Crippen LogP contribution in [0.3, 0.4) is 0 Å². The first-order chi connectivity index (χ1) is 4.93. The molecule has 1 rings (SSSR count). The minimum absolute atomic E-state index is 0.0748. The molecule has 1 aromatic heterocycles. The van der Waals surface area contributed by atoms with E-state index in [2.05, 4.69) is 16.8 Å². The summed E-state index contributed by atoms with van der Waals surface area (Å²) >= 11 is 1.75. The van der Waals surface area contributed by atoms with Crippen molar-refractivity contribution >= 4 is 11.3 Å². The summed E-state index contributed by atoms with van der Waals surface area (Å²) in [5.41, 5.74) is 0. The topological polar surface area (TPSA) is 32.3 Å². The zero-order valence-electron chi connectivity index (χ0n) is 5.71. The molecule has 0 aliphatic heterocycles. The van der Waals surface area contributed by atoms with Gasteiger partial charge < -0.3 is 5.11 Å². The zero-order valence-corrected chi connectivity index (χ0v) is 6.53. The Hall–Kier alpha value is -0.380. The highest BCUT2D eigenvalue weighted by molar-refractivity contribution is 7.09. The molecule has 10 heavy (non-hydrogen) atoms. The Morgan fingerprint density at radius 1 is 1.60 bits per heavy atom. The Labute approximate surface area is 64.5 Å². The number of nitrogens with one attached hydrogen (secondary N) is 1. The molecule has 56 valence electrons. The molecular weight excluding hydrogens is 146 g/mol. The first kappa shape index (κ1) is 7.72. The van der Waals surface area contributed by atoms with Gasteiger partial charge in [0.25, 0.3) is 0 Å². The van der Waals surface area contributed by atoms with Gasteiger partial charge in [-0.3, -0.25) is 5.32 Å². The molecule has 2 N–H and O–H groups in total. The number of aliphatic hydroxyl groups is 1. The SMILES string of the molecule is OCNCCc1cccs1. The van der Waals surface area contributed by atoms with Crippen LogP contribution in [0.5, 0.6) is 0 Å². The summed E-state index contributed by atoms with van der Waals surface area (Å²) in [4.78, 5) is 1.36. The number of aliphatic hydroxyl groups excluding tert-OH is 1. The highest BCUT2D eigenvalue weighted by atomic mass is 32.1. The van der Waals surface area contributed by atoms with Gasteiger partial charge in [-0.1, -0.05) is 6.07 Å². The van der Waals surface area contributed by atoms with E-state index < -0.39 is 0 Å². The van der Waals surface area contributed by atoms with Crippen LogP contribution < -0.4 is 5.32 Å². The van der Waals surface area contributed by atoms with E-state index in [4.69, 9.17) is 5.11 Å². The van der Waals surface area contributed by atoms with Crippen LogP contribution in [0.1, 0.15) is 4.88 Å². The molecule has 2 nitrogen and oxygen atoms in total. The molecule has 1 heterocycles. The maximum absolute atomic E-state index is 8.39. The van der Waals surface area contributed by atoms with Gasteiger partial charge in [0.15, 0.2) is 0 Å². The first-order valence-corrected chi connectivity index (χ1v) is 4.15. The van der Waals surface area contributed by atoms with Gasteiger partial charge in [-0.05, 0) is 17.9 Å². The molecule has 0 amide bonds. The van der Waals surface area contributed by atoms with E-state index in [-0.39, 0.29) is 6.73 Å². The molecular formula is C7H11NOS. The molecule has 0 saturated heterocycles. The van der Waals surface area contributed by atoms with Crippen molar-refractivity contribution in [2.24, 2.45) is 0 Å². The third-order valence-electron chi connectivity index (χ3n) is 1.24. The number of rotatable bonds is 4. The largest absolute Gasteiger partial charge is 0.381 e. The molecule has 0 spiro atoms. The summed E-state index contributed by atoms with van der Waals surface area (Å²) in [6.07, 6.45) is 1.01. The third-order valence-corrected chi connectivity index (χ3v) is 2.18. The average molecular weight is 157 g/mol. The first-order valence-electron chi connectivity index (χ1n) is 3.27. The Balaban J connectivity index is 2.15. The van der Waals surface area contributed by atoms with Crippen molar-refractivity contribution in [3.8, 4) is 0 Å². The standard InChI is InChI=1S/C7H11NOS/c9-6-8-4-3-7-2-1-5-10-7/h1-2,5,8-9H,3-4,6H2. The van der Waals surface area contributed by atoms with Crippen LogP contribution in [0, 0.1) is 0 Å². The molecule has 0 radical (unpaired) electrons.